The molecular weight excluding hydrogens is 442 g/mol. The third kappa shape index (κ3) is 4.58. The second-order valence-corrected chi connectivity index (χ2v) is 6.63. The van der Waals surface area contributed by atoms with Gasteiger partial charge in [-0.1, -0.05) is 28.1 Å². The Labute approximate surface area is 156 Å². The van der Waals surface area contributed by atoms with Crippen molar-refractivity contribution in [1.82, 2.24) is 0 Å². The van der Waals surface area contributed by atoms with Crippen molar-refractivity contribution in [2.45, 2.75) is 13.0 Å². The molecule has 0 aliphatic rings. The minimum Gasteiger partial charge on any atom is -0.480 e. The van der Waals surface area contributed by atoms with Gasteiger partial charge in [-0.2, -0.15) is 0 Å². The van der Waals surface area contributed by atoms with Crippen LogP contribution < -0.4 is 10.1 Å². The fourth-order valence-corrected chi connectivity index (χ4v) is 3.07. The summed E-state index contributed by atoms with van der Waals surface area (Å²) < 4.78 is 12.0. The highest BCUT2D eigenvalue weighted by atomic mass is 79.9. The zero-order valence-electron chi connectivity index (χ0n) is 13.0. The molecule has 5 nitrogen and oxygen atoms in total. The maximum atomic E-state index is 12.3. The van der Waals surface area contributed by atoms with E-state index in [0.29, 0.717) is 11.4 Å². The van der Waals surface area contributed by atoms with Gasteiger partial charge in [-0.05, 0) is 53.2 Å². The standard InChI is InChI=1S/C17H15Br2NO4/c1-10(24-15-8-7-11(18)9-13(15)19)16(21)20-14-6-4-3-5-12(14)17(22)23-2/h3-10H,1-2H3,(H,20,21)/t10-/m0/s1. The number of ether oxygens (including phenoxy) is 2. The first-order chi connectivity index (χ1) is 11.4. The normalized spacial score (nSPS) is 11.5. The van der Waals surface area contributed by atoms with Crippen LogP contribution in [-0.2, 0) is 9.53 Å². The number of hydrogen-bond acceptors (Lipinski definition) is 4. The summed E-state index contributed by atoms with van der Waals surface area (Å²) in [5, 5.41) is 2.69. The van der Waals surface area contributed by atoms with Gasteiger partial charge in [0.05, 0.1) is 22.8 Å². The first-order valence-electron chi connectivity index (χ1n) is 7.02. The van der Waals surface area contributed by atoms with E-state index in [0.717, 1.165) is 8.95 Å². The van der Waals surface area contributed by atoms with Gasteiger partial charge in [0, 0.05) is 4.47 Å². The summed E-state index contributed by atoms with van der Waals surface area (Å²) in [4.78, 5) is 24.1. The van der Waals surface area contributed by atoms with Crippen LogP contribution in [0.25, 0.3) is 0 Å². The Morgan fingerprint density at radius 3 is 2.50 bits per heavy atom. The zero-order valence-corrected chi connectivity index (χ0v) is 16.2. The molecule has 2 aromatic carbocycles. The molecule has 0 saturated carbocycles. The van der Waals surface area contributed by atoms with Crippen LogP contribution >= 0.6 is 31.9 Å². The average Bonchev–Trinajstić information content (AvgIpc) is 2.57. The highest BCUT2D eigenvalue weighted by Crippen LogP contribution is 2.29. The topological polar surface area (TPSA) is 64.6 Å². The van der Waals surface area contributed by atoms with Crippen molar-refractivity contribution in [2.24, 2.45) is 0 Å². The lowest BCUT2D eigenvalue weighted by Gasteiger charge is -2.17. The lowest BCUT2D eigenvalue weighted by atomic mass is 10.1. The van der Waals surface area contributed by atoms with E-state index in [1.807, 2.05) is 12.1 Å². The van der Waals surface area contributed by atoms with Crippen LogP contribution in [0.3, 0.4) is 0 Å². The molecule has 0 fully saturated rings. The molecule has 0 aliphatic carbocycles. The average molecular weight is 457 g/mol. The Morgan fingerprint density at radius 2 is 1.83 bits per heavy atom. The van der Waals surface area contributed by atoms with E-state index < -0.39 is 12.1 Å². The lowest BCUT2D eigenvalue weighted by Crippen LogP contribution is -2.30. The summed E-state index contributed by atoms with van der Waals surface area (Å²) in [5.74, 6) is -0.349. The Balaban J connectivity index is 2.11. The van der Waals surface area contributed by atoms with E-state index in [1.165, 1.54) is 7.11 Å². The molecular formula is C17H15Br2NO4. The summed E-state index contributed by atoms with van der Waals surface area (Å²) in [6.45, 7) is 1.63. The molecule has 1 N–H and O–H groups in total. The molecule has 1 atom stereocenters. The molecule has 0 spiro atoms. The van der Waals surface area contributed by atoms with Crippen LogP contribution in [0.15, 0.2) is 51.4 Å². The van der Waals surface area contributed by atoms with Gasteiger partial charge in [-0.15, -0.1) is 0 Å². The number of anilines is 1. The first kappa shape index (κ1) is 18.5. The van der Waals surface area contributed by atoms with Crippen LogP contribution in [0.5, 0.6) is 5.75 Å². The van der Waals surface area contributed by atoms with Crippen LogP contribution in [0.2, 0.25) is 0 Å². The van der Waals surface area contributed by atoms with Crippen molar-refractivity contribution in [3.8, 4) is 5.75 Å². The number of hydrogen-bond donors (Lipinski definition) is 1. The van der Waals surface area contributed by atoms with E-state index in [2.05, 4.69) is 37.2 Å². The van der Waals surface area contributed by atoms with Gasteiger partial charge >= 0.3 is 5.97 Å². The molecule has 0 bridgehead atoms. The summed E-state index contributed by atoms with van der Waals surface area (Å²) in [7, 11) is 1.29. The van der Waals surface area contributed by atoms with E-state index in [9.17, 15) is 9.59 Å². The molecule has 1 amide bonds. The number of carbonyl (C=O) groups is 2. The molecule has 0 unspecified atom stereocenters. The van der Waals surface area contributed by atoms with Gasteiger partial charge < -0.3 is 14.8 Å². The summed E-state index contributed by atoms with van der Waals surface area (Å²) in [5.41, 5.74) is 0.657. The zero-order chi connectivity index (χ0) is 17.7. The minimum atomic E-state index is -0.756. The van der Waals surface area contributed by atoms with Gasteiger partial charge in [-0.3, -0.25) is 4.79 Å². The Kier molecular flexibility index (Phi) is 6.39. The number of rotatable bonds is 5. The van der Waals surface area contributed by atoms with Gasteiger partial charge in [-0.25, -0.2) is 4.79 Å². The quantitative estimate of drug-likeness (QED) is 0.677. The molecule has 0 aromatic heterocycles. The number of benzene rings is 2. The maximum absolute atomic E-state index is 12.3. The fourth-order valence-electron chi connectivity index (χ4n) is 1.93. The maximum Gasteiger partial charge on any atom is 0.339 e. The largest absolute Gasteiger partial charge is 0.480 e. The van der Waals surface area contributed by atoms with Crippen LogP contribution in [-0.4, -0.2) is 25.1 Å². The van der Waals surface area contributed by atoms with Crippen molar-refractivity contribution in [3.63, 3.8) is 0 Å². The Morgan fingerprint density at radius 1 is 1.12 bits per heavy atom. The third-order valence-electron chi connectivity index (χ3n) is 3.16. The molecule has 0 radical (unpaired) electrons. The molecule has 0 heterocycles. The number of esters is 1. The SMILES string of the molecule is COC(=O)c1ccccc1NC(=O)[C@H](C)Oc1ccc(Br)cc1Br. The number of halogens is 2. The number of para-hydroxylation sites is 1. The van der Waals surface area contributed by atoms with E-state index >= 15 is 0 Å². The van der Waals surface area contributed by atoms with E-state index in [1.54, 1.807) is 37.3 Å². The molecule has 2 rings (SSSR count). The monoisotopic (exact) mass is 455 g/mol. The number of nitrogens with one attached hydrogen (secondary N) is 1. The molecule has 0 aliphatic heterocycles. The number of amides is 1. The Bertz CT molecular complexity index is 764. The van der Waals surface area contributed by atoms with Gasteiger partial charge in [0.15, 0.2) is 6.10 Å². The van der Waals surface area contributed by atoms with Crippen molar-refractivity contribution in [2.75, 3.05) is 12.4 Å². The highest BCUT2D eigenvalue weighted by Gasteiger charge is 2.19. The molecule has 2 aromatic rings. The van der Waals surface area contributed by atoms with Gasteiger partial charge in [0.1, 0.15) is 5.75 Å². The summed E-state index contributed by atoms with van der Waals surface area (Å²) >= 11 is 6.74. The highest BCUT2D eigenvalue weighted by molar-refractivity contribution is 9.11. The second kappa shape index (κ2) is 8.30. The van der Waals surface area contributed by atoms with Crippen molar-refractivity contribution >= 4 is 49.4 Å². The van der Waals surface area contributed by atoms with Crippen LogP contribution in [0.4, 0.5) is 5.69 Å². The van der Waals surface area contributed by atoms with Crippen LogP contribution in [0, 0.1) is 0 Å². The first-order valence-corrected chi connectivity index (χ1v) is 8.61. The Hall–Kier alpha value is -1.86. The number of carbonyl (C=O) groups excluding carboxylic acids is 2. The summed E-state index contributed by atoms with van der Waals surface area (Å²) in [6.07, 6.45) is -0.756. The lowest BCUT2D eigenvalue weighted by molar-refractivity contribution is -0.122. The minimum absolute atomic E-state index is 0.283. The fraction of sp³-hybridized carbons (Fsp3) is 0.176. The molecule has 7 heteroatoms. The second-order valence-electron chi connectivity index (χ2n) is 4.86. The van der Waals surface area contributed by atoms with Gasteiger partial charge in [0.25, 0.3) is 5.91 Å². The number of methoxy groups -OCH3 is 1. The predicted octanol–water partition coefficient (Wildman–Crippen LogP) is 4.40. The molecule has 126 valence electrons. The van der Waals surface area contributed by atoms with Crippen molar-refractivity contribution in [1.29, 1.82) is 0 Å². The third-order valence-corrected chi connectivity index (χ3v) is 4.27. The van der Waals surface area contributed by atoms with Crippen LogP contribution in [0.1, 0.15) is 17.3 Å². The molecule has 24 heavy (non-hydrogen) atoms. The smallest absolute Gasteiger partial charge is 0.339 e. The van der Waals surface area contributed by atoms with Crippen molar-refractivity contribution in [3.05, 3.63) is 57.0 Å². The predicted molar refractivity (Wildman–Crippen MR) is 98.3 cm³/mol. The van der Waals surface area contributed by atoms with E-state index in [4.69, 9.17) is 9.47 Å². The van der Waals surface area contributed by atoms with Gasteiger partial charge in [0.2, 0.25) is 0 Å². The van der Waals surface area contributed by atoms with Crippen molar-refractivity contribution < 1.29 is 19.1 Å². The summed E-state index contributed by atoms with van der Waals surface area (Å²) in [6, 6.07) is 12.0. The van der Waals surface area contributed by atoms with E-state index in [-0.39, 0.29) is 11.5 Å². The molecule has 0 saturated heterocycles.